The van der Waals surface area contributed by atoms with Gasteiger partial charge in [0.15, 0.2) is 0 Å². The van der Waals surface area contributed by atoms with Crippen LogP contribution in [0.25, 0.3) is 0 Å². The highest BCUT2D eigenvalue weighted by Crippen LogP contribution is 2.31. The molecule has 0 saturated carbocycles. The molecule has 0 bridgehead atoms. The van der Waals surface area contributed by atoms with Gasteiger partial charge in [-0.15, -0.1) is 0 Å². The van der Waals surface area contributed by atoms with Crippen molar-refractivity contribution in [1.29, 1.82) is 5.41 Å². The molecule has 1 spiro atoms. The molecule has 2 rings (SSSR count). The Kier molecular flexibility index (Phi) is 3.39. The molecule has 1 unspecified atom stereocenters. The average molecular weight is 282 g/mol. The van der Waals surface area contributed by atoms with Crippen molar-refractivity contribution in [2.24, 2.45) is 0 Å². The third kappa shape index (κ3) is 2.44. The molecule has 2 aliphatic heterocycles. The Labute approximate surface area is 118 Å². The molecule has 20 heavy (non-hydrogen) atoms. The highest BCUT2D eigenvalue weighted by Gasteiger charge is 2.51. The molecule has 0 aliphatic carbocycles. The van der Waals surface area contributed by atoms with Crippen LogP contribution in [-0.2, 0) is 4.74 Å². The van der Waals surface area contributed by atoms with Gasteiger partial charge < -0.3 is 14.5 Å². The number of carbonyl (C=O) groups excluding carboxylic acids is 2. The normalized spacial score (nSPS) is 27.0. The number of ether oxygens (including phenoxy) is 1. The third-order valence-electron chi connectivity index (χ3n) is 3.77. The van der Waals surface area contributed by atoms with Crippen molar-refractivity contribution >= 4 is 18.0 Å². The maximum Gasteiger partial charge on any atom is 0.410 e. The van der Waals surface area contributed by atoms with E-state index >= 15 is 0 Å². The number of nitrogens with one attached hydrogen (secondary N) is 2. The Hall–Kier alpha value is -1.79. The second-order valence-electron chi connectivity index (χ2n) is 6.40. The van der Waals surface area contributed by atoms with Gasteiger partial charge in [0.2, 0.25) is 0 Å². The largest absolute Gasteiger partial charge is 0.444 e. The number of nitrogens with zero attached hydrogens (tertiary/aromatic N) is 2. The molecule has 2 N–H and O–H groups in total. The van der Waals surface area contributed by atoms with Crippen LogP contribution in [0.15, 0.2) is 0 Å². The number of likely N-dealkylation sites (N-methyl/N-ethyl adjacent to an activating group) is 1. The number of hydrogen-bond donors (Lipinski definition) is 2. The molecule has 112 valence electrons. The summed E-state index contributed by atoms with van der Waals surface area (Å²) in [5.74, 6) is 0.165. The first-order chi connectivity index (χ1) is 9.16. The maximum atomic E-state index is 12.2. The lowest BCUT2D eigenvalue weighted by Crippen LogP contribution is -2.60. The fourth-order valence-electron chi connectivity index (χ4n) is 2.67. The first kappa shape index (κ1) is 14.6. The zero-order chi connectivity index (χ0) is 15.1. The molecule has 0 radical (unpaired) electrons. The summed E-state index contributed by atoms with van der Waals surface area (Å²) in [5.41, 5.74) is -1.28. The van der Waals surface area contributed by atoms with Crippen molar-refractivity contribution in [3.05, 3.63) is 0 Å². The van der Waals surface area contributed by atoms with Crippen LogP contribution in [0.2, 0.25) is 0 Å². The molecule has 2 heterocycles. The van der Waals surface area contributed by atoms with Crippen LogP contribution in [-0.4, -0.2) is 59.0 Å². The van der Waals surface area contributed by atoms with E-state index in [9.17, 15) is 9.59 Å². The topological polar surface area (TPSA) is 85.7 Å². The van der Waals surface area contributed by atoms with Gasteiger partial charge >= 0.3 is 12.1 Å². The quantitative estimate of drug-likeness (QED) is 0.704. The SMILES string of the molecule is CN1C(=O)NC(=N)C12CCCN(C(=O)OC(C)(C)C)C2. The van der Waals surface area contributed by atoms with Crippen LogP contribution < -0.4 is 5.32 Å². The number of hydrogen-bond acceptors (Lipinski definition) is 4. The maximum absolute atomic E-state index is 12.2. The van der Waals surface area contributed by atoms with Gasteiger partial charge in [0.25, 0.3) is 0 Å². The van der Waals surface area contributed by atoms with E-state index in [0.29, 0.717) is 19.5 Å². The second-order valence-corrected chi connectivity index (χ2v) is 6.40. The third-order valence-corrected chi connectivity index (χ3v) is 3.77. The minimum atomic E-state index is -0.730. The Balaban J connectivity index is 2.15. The van der Waals surface area contributed by atoms with Crippen molar-refractivity contribution < 1.29 is 14.3 Å². The molecule has 3 amide bonds. The number of amides is 3. The number of amidine groups is 1. The van der Waals surface area contributed by atoms with Crippen LogP contribution in [0.5, 0.6) is 0 Å². The van der Waals surface area contributed by atoms with Crippen molar-refractivity contribution in [1.82, 2.24) is 15.1 Å². The van der Waals surface area contributed by atoms with Gasteiger partial charge in [0, 0.05) is 13.6 Å². The summed E-state index contributed by atoms with van der Waals surface area (Å²) in [6.45, 7) is 6.35. The summed E-state index contributed by atoms with van der Waals surface area (Å²) in [5, 5.41) is 10.5. The van der Waals surface area contributed by atoms with Gasteiger partial charge in [-0.25, -0.2) is 9.59 Å². The van der Waals surface area contributed by atoms with E-state index in [1.54, 1.807) is 11.9 Å². The number of urea groups is 1. The van der Waals surface area contributed by atoms with E-state index in [1.165, 1.54) is 4.90 Å². The van der Waals surface area contributed by atoms with Gasteiger partial charge in [-0.1, -0.05) is 0 Å². The van der Waals surface area contributed by atoms with Crippen LogP contribution in [0.4, 0.5) is 9.59 Å². The van der Waals surface area contributed by atoms with E-state index in [2.05, 4.69) is 5.32 Å². The first-order valence-corrected chi connectivity index (χ1v) is 6.77. The summed E-state index contributed by atoms with van der Waals surface area (Å²) in [6.07, 6.45) is 1.03. The molecule has 2 fully saturated rings. The second kappa shape index (κ2) is 4.64. The van der Waals surface area contributed by atoms with Crippen LogP contribution in [0.3, 0.4) is 0 Å². The minimum absolute atomic E-state index is 0.165. The van der Waals surface area contributed by atoms with E-state index in [1.807, 2.05) is 20.8 Å². The van der Waals surface area contributed by atoms with E-state index < -0.39 is 17.2 Å². The van der Waals surface area contributed by atoms with Gasteiger partial charge in [-0.2, -0.15) is 0 Å². The van der Waals surface area contributed by atoms with Crippen LogP contribution in [0, 0.1) is 5.41 Å². The number of likely N-dealkylation sites (tertiary alicyclic amines) is 1. The Morgan fingerprint density at radius 1 is 1.45 bits per heavy atom. The van der Waals surface area contributed by atoms with E-state index in [4.69, 9.17) is 10.1 Å². The summed E-state index contributed by atoms with van der Waals surface area (Å²) in [7, 11) is 1.66. The Bertz CT molecular complexity index is 457. The fourth-order valence-corrected chi connectivity index (χ4v) is 2.67. The number of rotatable bonds is 0. The average Bonchev–Trinajstić information content (AvgIpc) is 2.53. The zero-order valence-electron chi connectivity index (χ0n) is 12.4. The lowest BCUT2D eigenvalue weighted by atomic mass is 9.87. The van der Waals surface area contributed by atoms with E-state index in [-0.39, 0.29) is 11.9 Å². The molecule has 2 aliphatic rings. The minimum Gasteiger partial charge on any atom is -0.444 e. The summed E-state index contributed by atoms with van der Waals surface area (Å²) < 4.78 is 5.37. The Morgan fingerprint density at radius 2 is 2.10 bits per heavy atom. The van der Waals surface area contributed by atoms with Crippen LogP contribution >= 0.6 is 0 Å². The summed E-state index contributed by atoms with van der Waals surface area (Å²) >= 11 is 0. The van der Waals surface area contributed by atoms with Gasteiger partial charge in [-0.05, 0) is 33.6 Å². The molecule has 0 aromatic carbocycles. The van der Waals surface area contributed by atoms with Gasteiger partial charge in [-0.3, -0.25) is 10.7 Å². The first-order valence-electron chi connectivity index (χ1n) is 6.77. The fraction of sp³-hybridized carbons (Fsp3) is 0.769. The lowest BCUT2D eigenvalue weighted by molar-refractivity contribution is 0.0105. The molecule has 0 aromatic heterocycles. The smallest absolute Gasteiger partial charge is 0.410 e. The molecular formula is C13H22N4O3. The molecule has 0 aromatic rings. The van der Waals surface area contributed by atoms with Gasteiger partial charge in [0.05, 0.1) is 6.54 Å². The van der Waals surface area contributed by atoms with Crippen molar-refractivity contribution in [3.63, 3.8) is 0 Å². The van der Waals surface area contributed by atoms with E-state index in [0.717, 1.165) is 6.42 Å². The molecular weight excluding hydrogens is 260 g/mol. The standard InChI is InChI=1S/C13H22N4O3/c1-12(2,3)20-11(19)17-7-5-6-13(8-17)9(14)15-10(18)16(13)4/h5-8H2,1-4H3,(H2,14,15,18). The zero-order valence-corrected chi connectivity index (χ0v) is 12.4. The highest BCUT2D eigenvalue weighted by molar-refractivity contribution is 6.08. The number of piperidine rings is 1. The summed E-state index contributed by atoms with van der Waals surface area (Å²) in [6, 6.07) is -0.291. The number of carbonyl (C=O) groups is 2. The molecule has 2 saturated heterocycles. The van der Waals surface area contributed by atoms with Crippen molar-refractivity contribution in [2.75, 3.05) is 20.1 Å². The Morgan fingerprint density at radius 3 is 2.60 bits per heavy atom. The molecule has 1 atom stereocenters. The molecule has 7 nitrogen and oxygen atoms in total. The molecule has 7 heteroatoms. The lowest BCUT2D eigenvalue weighted by Gasteiger charge is -2.42. The van der Waals surface area contributed by atoms with Crippen LogP contribution in [0.1, 0.15) is 33.6 Å². The monoisotopic (exact) mass is 282 g/mol. The van der Waals surface area contributed by atoms with Crippen molar-refractivity contribution in [3.8, 4) is 0 Å². The predicted octanol–water partition coefficient (Wildman–Crippen LogP) is 1.39. The summed E-state index contributed by atoms with van der Waals surface area (Å²) in [4.78, 5) is 27.0. The highest BCUT2D eigenvalue weighted by atomic mass is 16.6. The van der Waals surface area contributed by atoms with Gasteiger partial charge in [0.1, 0.15) is 17.0 Å². The predicted molar refractivity (Wildman–Crippen MR) is 73.8 cm³/mol. The van der Waals surface area contributed by atoms with Crippen molar-refractivity contribution in [2.45, 2.75) is 44.8 Å².